The van der Waals surface area contributed by atoms with E-state index in [9.17, 15) is 0 Å². The first kappa shape index (κ1) is 22.9. The number of hydrogen-bond donors (Lipinski definition) is 0. The normalized spacial score (nSPS) is 29.5. The Labute approximate surface area is 197 Å². The van der Waals surface area contributed by atoms with Gasteiger partial charge in [-0.15, -0.1) is 0 Å². The van der Waals surface area contributed by atoms with E-state index in [0.29, 0.717) is 13.2 Å². The van der Waals surface area contributed by atoms with Crippen molar-refractivity contribution in [3.63, 3.8) is 0 Å². The summed E-state index contributed by atoms with van der Waals surface area (Å²) in [5.41, 5.74) is 2.12. The number of hydrogen-bond acceptors (Lipinski definition) is 6. The van der Waals surface area contributed by atoms with E-state index in [-0.39, 0.29) is 18.3 Å². The predicted molar refractivity (Wildman–Crippen MR) is 124 cm³/mol. The highest BCUT2D eigenvalue weighted by atomic mass is 127. The molecule has 2 saturated heterocycles. The predicted octanol–water partition coefficient (Wildman–Crippen LogP) is 4.48. The first-order valence-electron chi connectivity index (χ1n) is 10.5. The van der Waals surface area contributed by atoms with E-state index in [1.165, 1.54) is 0 Å². The second-order valence-electron chi connectivity index (χ2n) is 8.18. The number of halogens is 1. The SMILES string of the molecule is COc1ccc(CO[C@@H]2O[C@H](CI)[C@@H]3OC(C)(C)O[C@@H]3[C@H]2OCc2ccccc2)cc1. The second kappa shape index (κ2) is 10.1. The fraction of sp³-hybridized carbons (Fsp3) is 0.500. The van der Waals surface area contributed by atoms with Crippen molar-refractivity contribution in [2.24, 2.45) is 0 Å². The van der Waals surface area contributed by atoms with E-state index >= 15 is 0 Å². The highest BCUT2D eigenvalue weighted by Gasteiger charge is 2.55. The van der Waals surface area contributed by atoms with Crippen LogP contribution in [0.1, 0.15) is 25.0 Å². The number of rotatable bonds is 8. The van der Waals surface area contributed by atoms with Gasteiger partial charge in [0.15, 0.2) is 12.1 Å². The van der Waals surface area contributed by atoms with Gasteiger partial charge in [0.2, 0.25) is 0 Å². The molecular formula is C24H29IO6. The summed E-state index contributed by atoms with van der Waals surface area (Å²) in [4.78, 5) is 0. The molecule has 0 aromatic heterocycles. The van der Waals surface area contributed by atoms with E-state index in [1.54, 1.807) is 7.11 Å². The third kappa shape index (κ3) is 5.58. The molecule has 2 fully saturated rings. The van der Waals surface area contributed by atoms with Crippen molar-refractivity contribution in [1.29, 1.82) is 0 Å². The van der Waals surface area contributed by atoms with Gasteiger partial charge in [0.1, 0.15) is 24.1 Å². The third-order valence-electron chi connectivity index (χ3n) is 5.44. The number of methoxy groups -OCH3 is 1. The summed E-state index contributed by atoms with van der Waals surface area (Å²) in [6.07, 6.45) is -1.58. The van der Waals surface area contributed by atoms with Gasteiger partial charge in [0, 0.05) is 4.43 Å². The maximum atomic E-state index is 6.33. The van der Waals surface area contributed by atoms with Crippen molar-refractivity contribution in [3.05, 3.63) is 65.7 Å². The molecule has 168 valence electrons. The molecule has 2 heterocycles. The van der Waals surface area contributed by atoms with Gasteiger partial charge in [-0.25, -0.2) is 0 Å². The standard InChI is InChI=1S/C24H29IO6/c1-24(2)30-20-19(13-25)29-23(28-15-17-9-11-18(26-3)12-10-17)22(21(20)31-24)27-14-16-7-5-4-6-8-16/h4-12,19-23H,13-15H2,1-3H3/t19-,20+,21+,22-,23-/m1/s1. The Bertz CT molecular complexity index is 828. The Kier molecular flexibility index (Phi) is 7.51. The van der Waals surface area contributed by atoms with Crippen molar-refractivity contribution in [3.8, 4) is 5.75 Å². The minimum Gasteiger partial charge on any atom is -0.497 e. The zero-order valence-electron chi connectivity index (χ0n) is 18.0. The molecule has 7 heteroatoms. The van der Waals surface area contributed by atoms with Gasteiger partial charge >= 0.3 is 0 Å². The first-order valence-corrected chi connectivity index (χ1v) is 12.0. The Morgan fingerprint density at radius 1 is 0.871 bits per heavy atom. The minimum absolute atomic E-state index is 0.134. The zero-order chi connectivity index (χ0) is 21.8. The molecule has 2 aromatic rings. The van der Waals surface area contributed by atoms with Gasteiger partial charge in [-0.3, -0.25) is 0 Å². The van der Waals surface area contributed by atoms with E-state index in [0.717, 1.165) is 21.3 Å². The Balaban J connectivity index is 1.50. The summed E-state index contributed by atoms with van der Waals surface area (Å²) in [6, 6.07) is 17.9. The number of benzene rings is 2. The average Bonchev–Trinajstić information content (AvgIpc) is 3.12. The van der Waals surface area contributed by atoms with Gasteiger partial charge in [-0.05, 0) is 37.1 Å². The molecule has 2 aromatic carbocycles. The van der Waals surface area contributed by atoms with Gasteiger partial charge in [-0.1, -0.05) is 65.1 Å². The largest absolute Gasteiger partial charge is 0.497 e. The molecular weight excluding hydrogens is 511 g/mol. The van der Waals surface area contributed by atoms with E-state index in [2.05, 4.69) is 22.6 Å². The lowest BCUT2D eigenvalue weighted by atomic mass is 9.99. The van der Waals surface area contributed by atoms with Crippen LogP contribution >= 0.6 is 22.6 Å². The average molecular weight is 540 g/mol. The van der Waals surface area contributed by atoms with Crippen LogP contribution in [-0.2, 0) is 36.9 Å². The summed E-state index contributed by atoms with van der Waals surface area (Å²) in [7, 11) is 1.65. The highest BCUT2D eigenvalue weighted by molar-refractivity contribution is 14.1. The van der Waals surface area contributed by atoms with Crippen LogP contribution in [0.3, 0.4) is 0 Å². The third-order valence-corrected chi connectivity index (χ3v) is 6.31. The minimum atomic E-state index is -0.692. The Morgan fingerprint density at radius 3 is 2.19 bits per heavy atom. The van der Waals surface area contributed by atoms with Crippen LogP contribution in [0.4, 0.5) is 0 Å². The molecule has 6 nitrogen and oxygen atoms in total. The van der Waals surface area contributed by atoms with Crippen LogP contribution in [0.15, 0.2) is 54.6 Å². The molecule has 0 aliphatic carbocycles. The first-order chi connectivity index (χ1) is 15.0. The maximum absolute atomic E-state index is 6.33. The number of fused-ring (bicyclic) bond motifs is 1. The van der Waals surface area contributed by atoms with Crippen LogP contribution in [0.2, 0.25) is 0 Å². The van der Waals surface area contributed by atoms with Gasteiger partial charge in [-0.2, -0.15) is 0 Å². The molecule has 0 bridgehead atoms. The summed E-state index contributed by atoms with van der Waals surface area (Å²) >= 11 is 2.32. The lowest BCUT2D eigenvalue weighted by Gasteiger charge is -2.41. The van der Waals surface area contributed by atoms with Crippen LogP contribution in [-0.4, -0.2) is 48.0 Å². The summed E-state index contributed by atoms with van der Waals surface area (Å²) in [6.45, 7) is 4.70. The fourth-order valence-electron chi connectivity index (χ4n) is 3.94. The maximum Gasteiger partial charge on any atom is 0.187 e. The number of alkyl halides is 1. The molecule has 5 atom stereocenters. The fourth-order valence-corrected chi connectivity index (χ4v) is 4.65. The van der Waals surface area contributed by atoms with Gasteiger partial charge in [0.25, 0.3) is 0 Å². The van der Waals surface area contributed by atoms with Crippen LogP contribution in [0.25, 0.3) is 0 Å². The molecule has 2 aliphatic rings. The smallest absolute Gasteiger partial charge is 0.187 e. The summed E-state index contributed by atoms with van der Waals surface area (Å²) in [5.74, 6) is 0.121. The molecule has 4 rings (SSSR count). The monoisotopic (exact) mass is 540 g/mol. The van der Waals surface area contributed by atoms with Crippen molar-refractivity contribution in [2.75, 3.05) is 11.5 Å². The summed E-state index contributed by atoms with van der Waals surface area (Å²) < 4.78 is 37.3. The van der Waals surface area contributed by atoms with Gasteiger partial charge < -0.3 is 28.4 Å². The topological polar surface area (TPSA) is 55.4 Å². The van der Waals surface area contributed by atoms with Crippen LogP contribution in [0, 0.1) is 0 Å². The lowest BCUT2D eigenvalue weighted by molar-refractivity contribution is -0.288. The Hall–Kier alpha value is -1.23. The molecule has 0 N–H and O–H groups in total. The lowest BCUT2D eigenvalue weighted by Crippen LogP contribution is -2.58. The van der Waals surface area contributed by atoms with Gasteiger partial charge in [0.05, 0.1) is 26.4 Å². The van der Waals surface area contributed by atoms with Crippen molar-refractivity contribution < 1.29 is 28.4 Å². The van der Waals surface area contributed by atoms with E-state index in [4.69, 9.17) is 28.4 Å². The Morgan fingerprint density at radius 2 is 1.52 bits per heavy atom. The number of ether oxygens (including phenoxy) is 6. The zero-order valence-corrected chi connectivity index (χ0v) is 20.2. The highest BCUT2D eigenvalue weighted by Crippen LogP contribution is 2.40. The van der Waals surface area contributed by atoms with Crippen molar-refractivity contribution in [2.45, 2.75) is 63.6 Å². The molecule has 0 radical (unpaired) electrons. The van der Waals surface area contributed by atoms with E-state index < -0.39 is 18.2 Å². The molecule has 0 saturated carbocycles. The molecule has 0 spiro atoms. The second-order valence-corrected chi connectivity index (χ2v) is 9.06. The van der Waals surface area contributed by atoms with E-state index in [1.807, 2.05) is 68.4 Å². The summed E-state index contributed by atoms with van der Waals surface area (Å²) in [5, 5.41) is 0. The van der Waals surface area contributed by atoms with Crippen molar-refractivity contribution >= 4 is 22.6 Å². The van der Waals surface area contributed by atoms with Crippen LogP contribution < -0.4 is 4.74 Å². The van der Waals surface area contributed by atoms with Crippen molar-refractivity contribution in [1.82, 2.24) is 0 Å². The molecule has 31 heavy (non-hydrogen) atoms. The molecule has 0 amide bonds. The van der Waals surface area contributed by atoms with Crippen LogP contribution in [0.5, 0.6) is 5.75 Å². The quantitative estimate of drug-likeness (QED) is 0.364. The molecule has 2 aliphatic heterocycles. The molecule has 0 unspecified atom stereocenters.